The van der Waals surface area contributed by atoms with Crippen molar-refractivity contribution >= 4 is 15.9 Å². The molecule has 2 aromatic rings. The predicted molar refractivity (Wildman–Crippen MR) is 84.1 cm³/mol. The Morgan fingerprint density at radius 1 is 1.00 bits per heavy atom. The third kappa shape index (κ3) is 3.96. The molecule has 2 rings (SSSR count). The van der Waals surface area contributed by atoms with Gasteiger partial charge in [-0.25, -0.2) is 0 Å². The summed E-state index contributed by atoms with van der Waals surface area (Å²) in [4.78, 5) is 0. The fraction of sp³-hybridized carbons (Fsp3) is 0.176. The maximum atomic E-state index is 5.29. The number of rotatable bonds is 5. The molecule has 0 bridgehead atoms. The topological polar surface area (TPSA) is 12.0 Å². The Morgan fingerprint density at radius 3 is 2.26 bits per heavy atom. The molecule has 0 aromatic heterocycles. The molecule has 0 aliphatic heterocycles. The first-order valence-corrected chi connectivity index (χ1v) is 7.05. The van der Waals surface area contributed by atoms with Crippen LogP contribution in [-0.2, 0) is 0 Å². The van der Waals surface area contributed by atoms with Crippen molar-refractivity contribution in [3.8, 4) is 12.3 Å². The van der Waals surface area contributed by atoms with Crippen LogP contribution in [0.2, 0.25) is 0 Å². The van der Waals surface area contributed by atoms with Gasteiger partial charge in [-0.1, -0.05) is 64.3 Å². The van der Waals surface area contributed by atoms with Crippen molar-refractivity contribution in [1.82, 2.24) is 5.32 Å². The van der Waals surface area contributed by atoms with Gasteiger partial charge in [0.05, 0.1) is 6.54 Å². The monoisotopic (exact) mass is 313 g/mol. The van der Waals surface area contributed by atoms with Gasteiger partial charge in [0.2, 0.25) is 0 Å². The summed E-state index contributed by atoms with van der Waals surface area (Å²) in [6.45, 7) is 1.44. The molecule has 0 unspecified atom stereocenters. The molecule has 0 aliphatic rings. The van der Waals surface area contributed by atoms with E-state index in [1.807, 2.05) is 6.07 Å². The molecule has 1 nitrogen and oxygen atoms in total. The number of hydrogen-bond donors (Lipinski definition) is 1. The zero-order chi connectivity index (χ0) is 13.5. The Hall–Kier alpha value is -1.56. The highest BCUT2D eigenvalue weighted by Crippen LogP contribution is 2.25. The highest BCUT2D eigenvalue weighted by molar-refractivity contribution is 9.10. The van der Waals surface area contributed by atoms with Gasteiger partial charge in [0.15, 0.2) is 0 Å². The first kappa shape index (κ1) is 13.9. The van der Waals surface area contributed by atoms with Gasteiger partial charge in [-0.15, -0.1) is 6.42 Å². The van der Waals surface area contributed by atoms with Crippen LogP contribution in [0.5, 0.6) is 0 Å². The minimum atomic E-state index is 0.322. The van der Waals surface area contributed by atoms with Crippen LogP contribution in [0.3, 0.4) is 0 Å². The van der Waals surface area contributed by atoms with E-state index in [2.05, 4.69) is 75.7 Å². The highest BCUT2D eigenvalue weighted by Gasteiger charge is 2.13. The van der Waals surface area contributed by atoms with Crippen molar-refractivity contribution in [2.45, 2.75) is 5.92 Å². The molecule has 2 aromatic carbocycles. The molecule has 0 spiro atoms. The molecule has 0 saturated heterocycles. The second kappa shape index (κ2) is 7.13. The van der Waals surface area contributed by atoms with Gasteiger partial charge in [-0.2, -0.15) is 0 Å². The van der Waals surface area contributed by atoms with E-state index in [1.54, 1.807) is 0 Å². The Labute approximate surface area is 123 Å². The zero-order valence-corrected chi connectivity index (χ0v) is 12.2. The minimum Gasteiger partial charge on any atom is -0.305 e. The van der Waals surface area contributed by atoms with E-state index >= 15 is 0 Å². The first-order chi connectivity index (χ1) is 9.31. The van der Waals surface area contributed by atoms with Crippen LogP contribution in [0.4, 0.5) is 0 Å². The summed E-state index contributed by atoms with van der Waals surface area (Å²) in [5.41, 5.74) is 2.59. The van der Waals surface area contributed by atoms with Crippen LogP contribution in [0, 0.1) is 12.3 Å². The average Bonchev–Trinajstić information content (AvgIpc) is 2.46. The molecule has 1 atom stereocenters. The second-order valence-corrected chi connectivity index (χ2v) is 5.27. The van der Waals surface area contributed by atoms with E-state index in [-0.39, 0.29) is 0 Å². The van der Waals surface area contributed by atoms with E-state index in [4.69, 9.17) is 6.42 Å². The molecule has 0 radical (unpaired) electrons. The van der Waals surface area contributed by atoms with Crippen LogP contribution in [0.15, 0.2) is 59.1 Å². The van der Waals surface area contributed by atoms with Crippen LogP contribution < -0.4 is 5.32 Å². The molecule has 19 heavy (non-hydrogen) atoms. The van der Waals surface area contributed by atoms with Gasteiger partial charge in [0, 0.05) is 16.9 Å². The first-order valence-electron chi connectivity index (χ1n) is 6.26. The maximum Gasteiger partial charge on any atom is 0.0574 e. The van der Waals surface area contributed by atoms with E-state index in [0.717, 1.165) is 11.0 Å². The molecule has 0 heterocycles. The van der Waals surface area contributed by atoms with Crippen molar-refractivity contribution in [1.29, 1.82) is 0 Å². The highest BCUT2D eigenvalue weighted by atomic mass is 79.9. The fourth-order valence-corrected chi connectivity index (χ4v) is 2.36. The molecular weight excluding hydrogens is 298 g/mol. The number of terminal acetylenes is 1. The summed E-state index contributed by atoms with van der Waals surface area (Å²) in [5, 5.41) is 3.30. The number of benzene rings is 2. The predicted octanol–water partition coefficient (Wildman–Crippen LogP) is 3.80. The Balaban J connectivity index is 2.24. The minimum absolute atomic E-state index is 0.322. The average molecular weight is 314 g/mol. The van der Waals surface area contributed by atoms with Crippen LogP contribution >= 0.6 is 15.9 Å². The lowest BCUT2D eigenvalue weighted by Gasteiger charge is -2.18. The van der Waals surface area contributed by atoms with Gasteiger partial charge in [0.25, 0.3) is 0 Å². The largest absolute Gasteiger partial charge is 0.305 e. The van der Waals surface area contributed by atoms with Gasteiger partial charge >= 0.3 is 0 Å². The lowest BCUT2D eigenvalue weighted by atomic mass is 9.91. The summed E-state index contributed by atoms with van der Waals surface area (Å²) in [6.07, 6.45) is 5.29. The Morgan fingerprint density at radius 2 is 1.63 bits per heavy atom. The second-order valence-electron chi connectivity index (χ2n) is 4.35. The summed E-state index contributed by atoms with van der Waals surface area (Å²) >= 11 is 3.47. The quantitative estimate of drug-likeness (QED) is 0.654. The molecule has 0 fully saturated rings. The maximum absolute atomic E-state index is 5.29. The lowest BCUT2D eigenvalue weighted by molar-refractivity contribution is 0.683. The smallest absolute Gasteiger partial charge is 0.0574 e. The molecule has 96 valence electrons. The van der Waals surface area contributed by atoms with Gasteiger partial charge in [0.1, 0.15) is 0 Å². The lowest BCUT2D eigenvalue weighted by Crippen LogP contribution is -2.22. The van der Waals surface area contributed by atoms with Crippen LogP contribution in [0.1, 0.15) is 17.0 Å². The summed E-state index contributed by atoms with van der Waals surface area (Å²) in [5.74, 6) is 2.94. The molecule has 1 N–H and O–H groups in total. The molecule has 2 heteroatoms. The van der Waals surface area contributed by atoms with Crippen molar-refractivity contribution in [2.75, 3.05) is 13.1 Å². The van der Waals surface area contributed by atoms with Crippen LogP contribution in [0.25, 0.3) is 0 Å². The van der Waals surface area contributed by atoms with E-state index in [0.29, 0.717) is 12.5 Å². The Kier molecular flexibility index (Phi) is 5.20. The number of hydrogen-bond acceptors (Lipinski definition) is 1. The zero-order valence-electron chi connectivity index (χ0n) is 10.6. The molecule has 0 aliphatic carbocycles. The van der Waals surface area contributed by atoms with Gasteiger partial charge in [-0.05, 0) is 23.3 Å². The van der Waals surface area contributed by atoms with Crippen molar-refractivity contribution in [3.63, 3.8) is 0 Å². The third-order valence-electron chi connectivity index (χ3n) is 3.05. The number of halogens is 1. The molecule has 0 saturated carbocycles. The van der Waals surface area contributed by atoms with Crippen molar-refractivity contribution < 1.29 is 0 Å². The summed E-state index contributed by atoms with van der Waals surface area (Å²) in [6, 6.07) is 19.0. The fourth-order valence-electron chi connectivity index (χ4n) is 2.10. The van der Waals surface area contributed by atoms with E-state index in [1.165, 1.54) is 11.1 Å². The van der Waals surface area contributed by atoms with E-state index < -0.39 is 0 Å². The van der Waals surface area contributed by atoms with Crippen molar-refractivity contribution in [2.24, 2.45) is 0 Å². The molecule has 0 amide bonds. The normalized spacial score (nSPS) is 11.8. The van der Waals surface area contributed by atoms with Gasteiger partial charge < -0.3 is 5.32 Å². The van der Waals surface area contributed by atoms with E-state index in [9.17, 15) is 0 Å². The summed E-state index contributed by atoms with van der Waals surface area (Å²) < 4.78 is 1.10. The Bertz CT molecular complexity index is 540. The van der Waals surface area contributed by atoms with Gasteiger partial charge in [-0.3, -0.25) is 0 Å². The molecular formula is C17H16BrN. The SMILES string of the molecule is C#CCNC[C@@H](c1ccccc1)c1ccc(Br)cc1. The summed E-state index contributed by atoms with van der Waals surface area (Å²) in [7, 11) is 0. The van der Waals surface area contributed by atoms with Crippen LogP contribution in [-0.4, -0.2) is 13.1 Å². The van der Waals surface area contributed by atoms with Crippen molar-refractivity contribution in [3.05, 3.63) is 70.2 Å². The third-order valence-corrected chi connectivity index (χ3v) is 3.58. The number of nitrogens with one attached hydrogen (secondary N) is 1. The standard InChI is InChI=1S/C17H16BrN/c1-2-12-19-13-17(14-6-4-3-5-7-14)15-8-10-16(18)11-9-15/h1,3-11,17,19H,12-13H2/t17-/m0/s1.